The van der Waals surface area contributed by atoms with Crippen LogP contribution in [0.25, 0.3) is 204 Å². The number of imidazole rings is 1. The van der Waals surface area contributed by atoms with Crippen LogP contribution in [0.15, 0.2) is 412 Å². The summed E-state index contributed by atoms with van der Waals surface area (Å²) in [5.74, 6) is 5.64. The van der Waals surface area contributed by atoms with E-state index in [0.717, 1.165) is 117 Å². The Balaban J connectivity index is 0.000000108. The predicted octanol–water partition coefficient (Wildman–Crippen LogP) is 28.9. The van der Waals surface area contributed by atoms with Crippen molar-refractivity contribution in [1.29, 1.82) is 0 Å². The molecular weight excluding hydrogens is 1530 g/mol. The van der Waals surface area contributed by atoms with E-state index < -0.39 is 0 Å². The minimum atomic E-state index is -0.227. The van der Waals surface area contributed by atoms with Gasteiger partial charge >= 0.3 is 0 Å². The molecule has 25 rings (SSSR count). The molecular formula is C112H74N10OS. The molecule has 0 spiro atoms. The van der Waals surface area contributed by atoms with Gasteiger partial charge in [-0.2, -0.15) is 0 Å². The van der Waals surface area contributed by atoms with Crippen molar-refractivity contribution in [3.8, 4) is 113 Å². The lowest BCUT2D eigenvalue weighted by atomic mass is 9.75. The SMILES string of the molecule is CC1(C)c2ccc(-c3nc(-c4ccccc4)nc(-c4ccccc4)n3)cc2Oc2c1ccc1c2sc2ccccc21.[2H]c1ccc2c(c1)c1ccccc1n2-c1ccc(-c2ccc(-c3nc(-c4ccccc4)nc(-c4ccccc4)n3)cc2)cc1.c1cc(-c2ccc3c4ccccc4n4c5ccccc5nc4c3c2)cc(-n2c3ccccc3c3ccccc32)c1. The molecule has 0 atom stereocenters. The second-order valence-electron chi connectivity index (χ2n) is 31.8. The summed E-state index contributed by atoms with van der Waals surface area (Å²) in [6.07, 6.45) is 0. The number of nitrogens with zero attached hydrogens (tertiary/aromatic N) is 10. The van der Waals surface area contributed by atoms with E-state index >= 15 is 0 Å². The van der Waals surface area contributed by atoms with Gasteiger partial charge < -0.3 is 13.9 Å². The Morgan fingerprint density at radius 1 is 0.266 bits per heavy atom. The average molecular weight is 1610 g/mol. The number of hydrogen-bond donors (Lipinski definition) is 0. The standard InChI is InChI=1S/C39H26N4.C37H23N3.C36H25N3OS/c1-3-11-29(12-4-1)37-40-38(30-13-5-2-6-14-30)42-39(41-37)31-21-19-27(20-22-31)28-23-25-32(26-24-28)43-35-17-9-7-15-33(35)34-16-8-10-18-36(34)43;1-7-18-35-28(12-1)27-21-20-25(23-31(27)37-38-32-15-4-8-19-36(32)40(35)37)24-10-9-11-26(22-24)39-33-16-5-2-13-29(33)30-14-3-6-17-34(30)39;1-36(2)27-19-17-24(21-29(27)40-31-28(36)20-18-26-25-15-9-10-16-30(25)41-32(26)31)35-38-33(22-11-5-3-6-12-22)37-34(39-35)23-13-7-4-8-14-23/h1-26H;1-23H;3-21H,1-2H3/i7D;;. The third-order valence-corrected chi connectivity index (χ3v) is 25.3. The van der Waals surface area contributed by atoms with Gasteiger partial charge in [-0.1, -0.05) is 341 Å². The zero-order valence-corrected chi connectivity index (χ0v) is 68.3. The van der Waals surface area contributed by atoms with Crippen LogP contribution in [0.5, 0.6) is 11.5 Å². The van der Waals surface area contributed by atoms with Crippen LogP contribution in [0.3, 0.4) is 0 Å². The van der Waals surface area contributed by atoms with E-state index in [0.29, 0.717) is 41.0 Å². The average Bonchev–Trinajstić information content (AvgIpc) is 1.69. The number of fused-ring (bicyclic) bond motifs is 20. The monoisotopic (exact) mass is 1610 g/mol. The molecule has 11 nitrogen and oxygen atoms in total. The number of ether oxygens (including phenoxy) is 1. The van der Waals surface area contributed by atoms with Crippen molar-refractivity contribution in [2.75, 3.05) is 0 Å². The molecule has 1 aliphatic rings. The summed E-state index contributed by atoms with van der Waals surface area (Å²) in [5.41, 5.74) is 23.6. The topological polar surface area (TPSA) is 114 Å². The fourth-order valence-electron chi connectivity index (χ4n) is 18.0. The van der Waals surface area contributed by atoms with Gasteiger partial charge in [0.1, 0.15) is 17.1 Å². The molecule has 0 unspecified atom stereocenters. The molecule has 124 heavy (non-hydrogen) atoms. The van der Waals surface area contributed by atoms with E-state index in [1.807, 2.05) is 140 Å². The molecule has 0 fully saturated rings. The number of aromatic nitrogens is 10. The zero-order chi connectivity index (χ0) is 83.2. The van der Waals surface area contributed by atoms with Crippen molar-refractivity contribution >= 4 is 113 Å². The predicted molar refractivity (Wildman–Crippen MR) is 511 cm³/mol. The molecule has 0 N–H and O–H groups in total. The van der Waals surface area contributed by atoms with E-state index in [2.05, 4.69) is 294 Å². The van der Waals surface area contributed by atoms with Crippen LogP contribution < -0.4 is 4.74 Å². The quantitative estimate of drug-likeness (QED) is 0.124. The Hall–Kier alpha value is -16.2. The summed E-state index contributed by atoms with van der Waals surface area (Å²) in [6.45, 7) is 4.55. The molecule has 0 amide bonds. The van der Waals surface area contributed by atoms with Crippen LogP contribution in [-0.4, -0.2) is 48.4 Å². The first-order valence-corrected chi connectivity index (χ1v) is 42.5. The fraction of sp³-hybridized carbons (Fsp3) is 0.0268. The summed E-state index contributed by atoms with van der Waals surface area (Å²) in [6, 6.07) is 141. The third-order valence-electron chi connectivity index (χ3n) is 24.1. The molecule has 8 heterocycles. The van der Waals surface area contributed by atoms with Crippen LogP contribution >= 0.6 is 11.3 Å². The van der Waals surface area contributed by atoms with Gasteiger partial charge in [0.15, 0.2) is 34.9 Å². The number of rotatable bonds is 10. The second-order valence-corrected chi connectivity index (χ2v) is 32.9. The maximum absolute atomic E-state index is 8.14. The Bertz CT molecular complexity index is 8190. The highest BCUT2D eigenvalue weighted by Gasteiger charge is 2.37. The van der Waals surface area contributed by atoms with E-state index in [4.69, 9.17) is 41.0 Å². The van der Waals surface area contributed by atoms with E-state index in [1.54, 1.807) is 11.3 Å². The van der Waals surface area contributed by atoms with Crippen molar-refractivity contribution in [2.24, 2.45) is 0 Å². The summed E-state index contributed by atoms with van der Waals surface area (Å²) in [4.78, 5) is 34.3. The van der Waals surface area contributed by atoms with Gasteiger partial charge in [-0.05, 0) is 113 Å². The molecule has 0 bridgehead atoms. The first-order valence-electron chi connectivity index (χ1n) is 42.2. The fourth-order valence-corrected chi connectivity index (χ4v) is 19.2. The Morgan fingerprint density at radius 2 is 0.661 bits per heavy atom. The first kappa shape index (κ1) is 71.9. The largest absolute Gasteiger partial charge is 0.455 e. The van der Waals surface area contributed by atoms with Gasteiger partial charge in [0.2, 0.25) is 0 Å². The lowest BCUT2D eigenvalue weighted by Gasteiger charge is -2.35. The van der Waals surface area contributed by atoms with Crippen molar-refractivity contribution in [3.05, 3.63) is 424 Å². The number of pyridine rings is 1. The smallest absolute Gasteiger partial charge is 0.164 e. The van der Waals surface area contributed by atoms with E-state index in [1.165, 1.54) is 75.0 Å². The van der Waals surface area contributed by atoms with Gasteiger partial charge in [0.05, 0.1) is 44.7 Å². The lowest BCUT2D eigenvalue weighted by Crippen LogP contribution is -2.24. The van der Waals surface area contributed by atoms with Gasteiger partial charge in [-0.3, -0.25) is 4.40 Å². The molecule has 17 aromatic carbocycles. The van der Waals surface area contributed by atoms with Crippen molar-refractivity contribution < 1.29 is 6.11 Å². The molecule has 1 aliphatic heterocycles. The normalized spacial score (nSPS) is 12.4. The summed E-state index contributed by atoms with van der Waals surface area (Å²) >= 11 is 1.79. The third kappa shape index (κ3) is 12.8. The second kappa shape index (κ2) is 30.3. The van der Waals surface area contributed by atoms with Crippen LogP contribution in [0.2, 0.25) is 0 Å². The molecule has 0 saturated carbocycles. The molecule has 12 heteroatoms. The minimum Gasteiger partial charge on any atom is -0.455 e. The van der Waals surface area contributed by atoms with Crippen LogP contribution in [0.1, 0.15) is 26.3 Å². The van der Waals surface area contributed by atoms with Crippen molar-refractivity contribution in [2.45, 2.75) is 19.3 Å². The van der Waals surface area contributed by atoms with Crippen molar-refractivity contribution in [1.82, 2.24) is 48.4 Å². The summed E-state index contributed by atoms with van der Waals surface area (Å²) in [7, 11) is 0. The maximum atomic E-state index is 8.14. The molecule has 24 aromatic rings. The van der Waals surface area contributed by atoms with E-state index in [-0.39, 0.29) is 5.41 Å². The lowest BCUT2D eigenvalue weighted by molar-refractivity contribution is 0.424. The van der Waals surface area contributed by atoms with Crippen molar-refractivity contribution in [3.63, 3.8) is 0 Å². The molecule has 0 saturated heterocycles. The first-order chi connectivity index (χ1) is 61.6. The van der Waals surface area contributed by atoms with Crippen LogP contribution in [0, 0.1) is 0 Å². The maximum Gasteiger partial charge on any atom is 0.164 e. The summed E-state index contributed by atoms with van der Waals surface area (Å²) < 4.78 is 24.3. The Labute approximate surface area is 719 Å². The highest BCUT2D eigenvalue weighted by atomic mass is 32.1. The van der Waals surface area contributed by atoms with Gasteiger partial charge in [-0.15, -0.1) is 11.3 Å². The van der Waals surface area contributed by atoms with Gasteiger partial charge in [0, 0.05) is 109 Å². The Kier molecular flexibility index (Phi) is 17.6. The zero-order valence-electron chi connectivity index (χ0n) is 68.5. The van der Waals surface area contributed by atoms with E-state index in [9.17, 15) is 0 Å². The highest BCUT2D eigenvalue weighted by Crippen LogP contribution is 2.54. The van der Waals surface area contributed by atoms with Crippen LogP contribution in [0.4, 0.5) is 0 Å². The number of hydrogen-bond acceptors (Lipinski definition) is 9. The van der Waals surface area contributed by atoms with Gasteiger partial charge in [-0.25, -0.2) is 34.9 Å². The molecule has 0 radical (unpaired) electrons. The number of para-hydroxylation sites is 7. The highest BCUT2D eigenvalue weighted by molar-refractivity contribution is 7.26. The number of benzene rings is 17. The Morgan fingerprint density at radius 3 is 1.23 bits per heavy atom. The molecule has 584 valence electrons. The number of thiophene rings is 1. The molecule has 0 aliphatic carbocycles. The summed E-state index contributed by atoms with van der Waals surface area (Å²) in [5, 5.41) is 10.9. The van der Waals surface area contributed by atoms with Crippen LogP contribution in [-0.2, 0) is 5.41 Å². The molecule has 7 aromatic heterocycles. The minimum absolute atomic E-state index is 0.227. The van der Waals surface area contributed by atoms with Gasteiger partial charge in [0.25, 0.3) is 0 Å².